The lowest BCUT2D eigenvalue weighted by molar-refractivity contribution is -0.151. The van der Waals surface area contributed by atoms with Crippen molar-refractivity contribution in [3.63, 3.8) is 0 Å². The Morgan fingerprint density at radius 1 is 1.15 bits per heavy atom. The molecule has 2 amide bonds. The van der Waals surface area contributed by atoms with E-state index in [-0.39, 0.29) is 19.6 Å². The first-order chi connectivity index (χ1) is 13.1. The summed E-state index contributed by atoms with van der Waals surface area (Å²) < 4.78 is 10.1. The van der Waals surface area contributed by atoms with Crippen LogP contribution in [-0.2, 0) is 32.1 Å². The van der Waals surface area contributed by atoms with Gasteiger partial charge in [0.25, 0.3) is 0 Å². The van der Waals surface area contributed by atoms with E-state index in [1.54, 1.807) is 25.1 Å². The van der Waals surface area contributed by atoms with E-state index in [4.69, 9.17) is 9.47 Å². The second kappa shape index (κ2) is 8.35. The predicted octanol–water partition coefficient (Wildman–Crippen LogP) is 3.11. The van der Waals surface area contributed by atoms with E-state index < -0.39 is 23.9 Å². The Labute approximate surface area is 156 Å². The zero-order valence-electron chi connectivity index (χ0n) is 14.9. The molecule has 1 aliphatic heterocycles. The first kappa shape index (κ1) is 18.4. The average Bonchev–Trinajstić information content (AvgIpc) is 2.67. The number of anilines is 2. The molecular weight excluding hydrogens is 348 g/mol. The van der Waals surface area contributed by atoms with Crippen LogP contribution in [0.4, 0.5) is 16.2 Å². The van der Waals surface area contributed by atoms with Crippen LogP contribution in [0.5, 0.6) is 0 Å². The molecule has 1 aliphatic rings. The van der Waals surface area contributed by atoms with Gasteiger partial charge >= 0.3 is 12.1 Å². The third-order valence-corrected chi connectivity index (χ3v) is 4.14. The maximum Gasteiger partial charge on any atom is 0.411 e. The maximum atomic E-state index is 12.1. The fourth-order valence-corrected chi connectivity index (χ4v) is 2.79. The minimum atomic E-state index is -0.855. The predicted molar refractivity (Wildman–Crippen MR) is 99.1 cm³/mol. The molecule has 0 fully saturated rings. The summed E-state index contributed by atoms with van der Waals surface area (Å²) in [5.74, 6) is -1.80. The van der Waals surface area contributed by atoms with Gasteiger partial charge in [0, 0.05) is 11.4 Å². The van der Waals surface area contributed by atoms with Crippen molar-refractivity contribution in [2.45, 2.75) is 20.0 Å². The summed E-state index contributed by atoms with van der Waals surface area (Å²) in [4.78, 5) is 36.0. The summed E-state index contributed by atoms with van der Waals surface area (Å²) in [5.41, 5.74) is 2.73. The standard InChI is InChI=1S/C20H20N2O5/c1-2-26-19(24)16-10-14-8-9-15(11-17(14)22-18(16)23)21-20(25)27-12-13-6-4-3-5-7-13/h3-9,11,16H,2,10,12H2,1H3,(H,21,25)(H,22,23). The van der Waals surface area contributed by atoms with Crippen LogP contribution in [0.2, 0.25) is 0 Å². The van der Waals surface area contributed by atoms with Gasteiger partial charge in [-0.25, -0.2) is 4.79 Å². The smallest absolute Gasteiger partial charge is 0.411 e. The molecule has 27 heavy (non-hydrogen) atoms. The van der Waals surface area contributed by atoms with Gasteiger partial charge in [-0.15, -0.1) is 0 Å². The minimum Gasteiger partial charge on any atom is -0.465 e. The van der Waals surface area contributed by atoms with Gasteiger partial charge in [0.2, 0.25) is 5.91 Å². The molecule has 0 aromatic heterocycles. The highest BCUT2D eigenvalue weighted by atomic mass is 16.5. The molecule has 1 unspecified atom stereocenters. The van der Waals surface area contributed by atoms with Gasteiger partial charge in [-0.2, -0.15) is 0 Å². The molecule has 2 N–H and O–H groups in total. The Kier molecular flexibility index (Phi) is 5.71. The number of rotatable bonds is 5. The van der Waals surface area contributed by atoms with Gasteiger partial charge in [-0.1, -0.05) is 36.4 Å². The number of esters is 1. The van der Waals surface area contributed by atoms with Crippen molar-refractivity contribution in [3.05, 3.63) is 59.7 Å². The molecule has 140 valence electrons. The van der Waals surface area contributed by atoms with E-state index >= 15 is 0 Å². The molecular formula is C20H20N2O5. The number of carbonyl (C=O) groups excluding carboxylic acids is 3. The number of ether oxygens (including phenoxy) is 2. The van der Waals surface area contributed by atoms with Crippen molar-refractivity contribution in [1.82, 2.24) is 0 Å². The van der Waals surface area contributed by atoms with Crippen molar-refractivity contribution in [2.24, 2.45) is 5.92 Å². The Bertz CT molecular complexity index is 851. The number of nitrogens with one attached hydrogen (secondary N) is 2. The topological polar surface area (TPSA) is 93.7 Å². The SMILES string of the molecule is CCOC(=O)C1Cc2ccc(NC(=O)OCc3ccccc3)cc2NC1=O. The van der Waals surface area contributed by atoms with Gasteiger partial charge in [-0.05, 0) is 36.6 Å². The summed E-state index contributed by atoms with van der Waals surface area (Å²) in [6, 6.07) is 14.4. The molecule has 2 aromatic carbocycles. The Morgan fingerprint density at radius 3 is 2.67 bits per heavy atom. The van der Waals surface area contributed by atoms with Crippen LogP contribution >= 0.6 is 0 Å². The average molecular weight is 368 g/mol. The summed E-state index contributed by atoms with van der Waals surface area (Å²) in [7, 11) is 0. The highest BCUT2D eigenvalue weighted by molar-refractivity contribution is 6.07. The minimum absolute atomic E-state index is 0.162. The van der Waals surface area contributed by atoms with E-state index in [2.05, 4.69) is 10.6 Å². The summed E-state index contributed by atoms with van der Waals surface area (Å²) in [6.45, 7) is 2.08. The number of hydrogen-bond acceptors (Lipinski definition) is 5. The van der Waals surface area contributed by atoms with Crippen LogP contribution < -0.4 is 10.6 Å². The van der Waals surface area contributed by atoms with Gasteiger partial charge in [0.05, 0.1) is 6.61 Å². The third kappa shape index (κ3) is 4.63. The lowest BCUT2D eigenvalue weighted by Crippen LogP contribution is -2.36. The molecule has 7 heteroatoms. The zero-order chi connectivity index (χ0) is 19.2. The first-order valence-corrected chi connectivity index (χ1v) is 8.65. The van der Waals surface area contributed by atoms with E-state index in [9.17, 15) is 14.4 Å². The van der Waals surface area contributed by atoms with Crippen molar-refractivity contribution < 1.29 is 23.9 Å². The van der Waals surface area contributed by atoms with Gasteiger partial charge in [-0.3, -0.25) is 14.9 Å². The molecule has 1 heterocycles. The molecule has 0 aliphatic carbocycles. The van der Waals surface area contributed by atoms with Crippen LogP contribution in [0.25, 0.3) is 0 Å². The van der Waals surface area contributed by atoms with Crippen molar-refractivity contribution in [2.75, 3.05) is 17.2 Å². The molecule has 0 saturated heterocycles. The van der Waals surface area contributed by atoms with Gasteiger partial charge in [0.15, 0.2) is 0 Å². The molecule has 0 saturated carbocycles. The molecule has 0 radical (unpaired) electrons. The summed E-state index contributed by atoms with van der Waals surface area (Å²) in [6.07, 6.45) is -0.330. The monoisotopic (exact) mass is 368 g/mol. The Hall–Kier alpha value is -3.35. The maximum absolute atomic E-state index is 12.1. The second-order valence-corrected chi connectivity index (χ2v) is 6.06. The van der Waals surface area contributed by atoms with Crippen molar-refractivity contribution in [3.8, 4) is 0 Å². The summed E-state index contributed by atoms with van der Waals surface area (Å²) in [5, 5.41) is 5.32. The lowest BCUT2D eigenvalue weighted by atomic mass is 9.93. The van der Waals surface area contributed by atoms with Crippen molar-refractivity contribution in [1.29, 1.82) is 0 Å². The van der Waals surface area contributed by atoms with Gasteiger partial charge < -0.3 is 14.8 Å². The molecule has 3 rings (SSSR count). The highest BCUT2D eigenvalue weighted by Gasteiger charge is 2.33. The molecule has 7 nitrogen and oxygen atoms in total. The van der Waals surface area contributed by atoms with Crippen LogP contribution in [0, 0.1) is 5.92 Å². The van der Waals surface area contributed by atoms with Crippen LogP contribution in [0.3, 0.4) is 0 Å². The Morgan fingerprint density at radius 2 is 1.93 bits per heavy atom. The quantitative estimate of drug-likeness (QED) is 0.625. The molecule has 0 bridgehead atoms. The van der Waals surface area contributed by atoms with Crippen LogP contribution in [0.1, 0.15) is 18.1 Å². The third-order valence-electron chi connectivity index (χ3n) is 4.14. The lowest BCUT2D eigenvalue weighted by Gasteiger charge is -2.23. The number of fused-ring (bicyclic) bond motifs is 1. The normalized spacial score (nSPS) is 15.3. The molecule has 1 atom stereocenters. The molecule has 2 aromatic rings. The van der Waals surface area contributed by atoms with Crippen LogP contribution in [-0.4, -0.2) is 24.6 Å². The number of carbonyl (C=O) groups is 3. The number of amides is 2. The molecule has 0 spiro atoms. The van der Waals surface area contributed by atoms with Gasteiger partial charge in [0.1, 0.15) is 12.5 Å². The van der Waals surface area contributed by atoms with Crippen molar-refractivity contribution >= 4 is 29.3 Å². The van der Waals surface area contributed by atoms with Crippen LogP contribution in [0.15, 0.2) is 48.5 Å². The van der Waals surface area contributed by atoms with E-state index in [1.807, 2.05) is 30.3 Å². The largest absolute Gasteiger partial charge is 0.465 e. The number of benzene rings is 2. The highest BCUT2D eigenvalue weighted by Crippen LogP contribution is 2.29. The fraction of sp³-hybridized carbons (Fsp3) is 0.250. The number of hydrogen-bond donors (Lipinski definition) is 2. The second-order valence-electron chi connectivity index (χ2n) is 6.06. The summed E-state index contributed by atoms with van der Waals surface area (Å²) >= 11 is 0. The Balaban J connectivity index is 1.61. The zero-order valence-corrected chi connectivity index (χ0v) is 14.9. The fourth-order valence-electron chi connectivity index (χ4n) is 2.79. The first-order valence-electron chi connectivity index (χ1n) is 8.65. The van der Waals surface area contributed by atoms with E-state index in [0.29, 0.717) is 11.4 Å². The van der Waals surface area contributed by atoms with E-state index in [1.165, 1.54) is 0 Å². The van der Waals surface area contributed by atoms with E-state index in [0.717, 1.165) is 11.1 Å².